The van der Waals surface area contributed by atoms with E-state index in [0.29, 0.717) is 0 Å². The fraction of sp³-hybridized carbons (Fsp3) is 1.00. The van der Waals surface area contributed by atoms with Crippen LogP contribution in [0.5, 0.6) is 0 Å². The molecule has 0 amide bonds. The lowest BCUT2D eigenvalue weighted by Gasteiger charge is -2.34. The molecule has 0 bridgehead atoms. The van der Waals surface area contributed by atoms with E-state index in [0.717, 1.165) is 19.6 Å². The van der Waals surface area contributed by atoms with Crippen LogP contribution < -0.4 is 0 Å². The number of halogens is 6. The van der Waals surface area contributed by atoms with Gasteiger partial charge in [0.2, 0.25) is 0 Å². The first-order valence-corrected chi connectivity index (χ1v) is 7.57. The second-order valence-electron chi connectivity index (χ2n) is 4.04. The van der Waals surface area contributed by atoms with Gasteiger partial charge in [0.15, 0.2) is 8.32 Å². The molecule has 0 spiro atoms. The van der Waals surface area contributed by atoms with E-state index in [-0.39, 0.29) is 0 Å². The summed E-state index contributed by atoms with van der Waals surface area (Å²) < 4.78 is 79.8. The number of hydrogen-bond acceptors (Lipinski definition) is 2. The molecule has 0 aliphatic heterocycles. The first-order valence-electron chi connectivity index (χ1n) is 4.17. The highest BCUT2D eigenvalue weighted by Crippen LogP contribution is 2.48. The molecule has 0 rings (SSSR count). The minimum Gasteiger partial charge on any atom is -0.360 e. The molecule has 1 unspecified atom stereocenters. The van der Waals surface area contributed by atoms with E-state index in [1.165, 1.54) is 10.0 Å². The summed E-state index contributed by atoms with van der Waals surface area (Å²) in [6, 6.07) is 0. The molecule has 0 radical (unpaired) electrons. The number of azide groups is 1. The Morgan fingerprint density at radius 2 is 1.47 bits per heavy atom. The van der Waals surface area contributed by atoms with Gasteiger partial charge in [0.1, 0.15) is 0 Å². The summed E-state index contributed by atoms with van der Waals surface area (Å²) in [7, 11) is -3.18. The second-order valence-corrected chi connectivity index (χ2v) is 8.47. The Morgan fingerprint density at radius 1 is 1.06 bits per heavy atom. The summed E-state index contributed by atoms with van der Waals surface area (Å²) >= 11 is 0. The van der Waals surface area contributed by atoms with Gasteiger partial charge >= 0.3 is 18.1 Å². The van der Waals surface area contributed by atoms with Crippen LogP contribution in [0.25, 0.3) is 10.4 Å². The molecule has 11 heteroatoms. The van der Waals surface area contributed by atoms with Gasteiger partial charge in [-0.1, -0.05) is 0 Å². The molecule has 17 heavy (non-hydrogen) atoms. The molecule has 4 nitrogen and oxygen atoms in total. The third kappa shape index (κ3) is 3.51. The Morgan fingerprint density at radius 3 is 1.71 bits per heavy atom. The maximum absolute atomic E-state index is 13.2. The smallest absolute Gasteiger partial charge is 0.360 e. The summed E-state index contributed by atoms with van der Waals surface area (Å²) in [6.07, 6.45) is -11.4. The summed E-state index contributed by atoms with van der Waals surface area (Å²) in [5.41, 5.74) is 7.77. The molecule has 0 aromatic heterocycles. The number of rotatable bonds is 4. The Bertz CT molecular complexity index is 334. The standard InChI is InChI=1S/C6H9F6N3OSi/c1-17(2,3)16-6(11,12)4(7,14-15-13)5(8,9)10/h1-3H3. The van der Waals surface area contributed by atoms with Crippen LogP contribution in [0, 0.1) is 0 Å². The largest absolute Gasteiger partial charge is 0.437 e. The lowest BCUT2D eigenvalue weighted by Crippen LogP contribution is -2.58. The molecule has 0 saturated heterocycles. The summed E-state index contributed by atoms with van der Waals surface area (Å²) in [5.74, 6) is -5.42. The van der Waals surface area contributed by atoms with Crippen molar-refractivity contribution in [3.63, 3.8) is 0 Å². The van der Waals surface area contributed by atoms with E-state index in [2.05, 4.69) is 4.43 Å². The van der Waals surface area contributed by atoms with Crippen molar-refractivity contribution in [1.82, 2.24) is 0 Å². The van der Waals surface area contributed by atoms with Crippen LogP contribution in [-0.4, -0.2) is 26.4 Å². The molecule has 0 aromatic rings. The predicted octanol–water partition coefficient (Wildman–Crippen LogP) is 3.97. The molecule has 0 fully saturated rings. The van der Waals surface area contributed by atoms with E-state index in [9.17, 15) is 26.3 Å². The molecule has 0 aliphatic rings. The van der Waals surface area contributed by atoms with Crippen molar-refractivity contribution >= 4 is 8.32 Å². The lowest BCUT2D eigenvalue weighted by molar-refractivity contribution is -0.358. The second kappa shape index (κ2) is 4.39. The molecule has 1 atom stereocenters. The van der Waals surface area contributed by atoms with Crippen molar-refractivity contribution in [2.75, 3.05) is 0 Å². The molecular formula is C6H9F6N3OSi. The molecule has 0 heterocycles. The van der Waals surface area contributed by atoms with Gasteiger partial charge in [-0.05, 0) is 30.3 Å². The van der Waals surface area contributed by atoms with Crippen molar-refractivity contribution < 1.29 is 30.8 Å². The first-order chi connectivity index (χ1) is 7.27. The van der Waals surface area contributed by atoms with Crippen LogP contribution in [0.4, 0.5) is 26.3 Å². The number of alkyl halides is 6. The summed E-state index contributed by atoms with van der Waals surface area (Å²) in [6.45, 7) is 3.40. The quantitative estimate of drug-likeness (QED) is 0.192. The highest BCUT2D eigenvalue weighted by Gasteiger charge is 2.73. The zero-order chi connectivity index (χ0) is 14.1. The first kappa shape index (κ1) is 16.1. The van der Waals surface area contributed by atoms with E-state index in [4.69, 9.17) is 5.53 Å². The highest BCUT2D eigenvalue weighted by molar-refractivity contribution is 6.69. The van der Waals surface area contributed by atoms with Crippen molar-refractivity contribution in [3.05, 3.63) is 10.4 Å². The average molecular weight is 281 g/mol. The van der Waals surface area contributed by atoms with Crippen LogP contribution >= 0.6 is 0 Å². The minimum atomic E-state index is -6.08. The average Bonchev–Trinajstić information content (AvgIpc) is 1.97. The molecule has 0 N–H and O–H groups in total. The van der Waals surface area contributed by atoms with Gasteiger partial charge in [0.05, 0.1) is 0 Å². The zero-order valence-corrected chi connectivity index (χ0v) is 10.0. The topological polar surface area (TPSA) is 58.0 Å². The van der Waals surface area contributed by atoms with Gasteiger partial charge in [-0.3, -0.25) is 0 Å². The Kier molecular flexibility index (Phi) is 4.15. The third-order valence-electron chi connectivity index (χ3n) is 1.38. The molecule has 0 aliphatic carbocycles. The Labute approximate surface area is 93.3 Å². The van der Waals surface area contributed by atoms with Gasteiger partial charge in [-0.15, -0.1) is 0 Å². The van der Waals surface area contributed by atoms with E-state index < -0.39 is 26.4 Å². The van der Waals surface area contributed by atoms with E-state index in [1.807, 2.05) is 0 Å². The predicted molar refractivity (Wildman–Crippen MR) is 48.4 cm³/mol. The molecule has 0 aromatic carbocycles. The maximum Gasteiger partial charge on any atom is 0.437 e. The van der Waals surface area contributed by atoms with E-state index >= 15 is 0 Å². The van der Waals surface area contributed by atoms with Gasteiger partial charge in [0, 0.05) is 4.91 Å². The highest BCUT2D eigenvalue weighted by atomic mass is 28.4. The van der Waals surface area contributed by atoms with Crippen LogP contribution in [0.2, 0.25) is 19.6 Å². The van der Waals surface area contributed by atoms with Crippen LogP contribution in [0.15, 0.2) is 5.11 Å². The summed E-state index contributed by atoms with van der Waals surface area (Å²) in [5, 5.41) is 1.52. The van der Waals surface area contributed by atoms with Gasteiger partial charge in [0.25, 0.3) is 0 Å². The fourth-order valence-electron chi connectivity index (χ4n) is 0.794. The monoisotopic (exact) mass is 281 g/mol. The van der Waals surface area contributed by atoms with Crippen molar-refractivity contribution in [2.24, 2.45) is 5.11 Å². The lowest BCUT2D eigenvalue weighted by atomic mass is 10.2. The molecule has 100 valence electrons. The van der Waals surface area contributed by atoms with Crippen LogP contribution in [0.1, 0.15) is 0 Å². The Hall–Kier alpha value is -0.933. The van der Waals surface area contributed by atoms with E-state index in [1.54, 1.807) is 0 Å². The minimum absolute atomic E-state index is 1.13. The van der Waals surface area contributed by atoms with Crippen LogP contribution in [0.3, 0.4) is 0 Å². The van der Waals surface area contributed by atoms with Crippen molar-refractivity contribution in [2.45, 2.75) is 37.7 Å². The number of hydrogen-bond donors (Lipinski definition) is 0. The van der Waals surface area contributed by atoms with Gasteiger partial charge in [-0.25, -0.2) is 4.39 Å². The normalized spacial score (nSPS) is 17.2. The fourth-order valence-corrected chi connectivity index (χ4v) is 1.70. The van der Waals surface area contributed by atoms with Crippen molar-refractivity contribution in [1.29, 1.82) is 0 Å². The summed E-state index contributed by atoms with van der Waals surface area (Å²) in [4.78, 5) is 1.46. The SMILES string of the molecule is C[Si](C)(C)OC(F)(F)C(F)(N=[N+]=[N-])C(F)(F)F. The number of nitrogens with zero attached hydrogens (tertiary/aromatic N) is 3. The molecular weight excluding hydrogens is 272 g/mol. The molecule has 0 saturated carbocycles. The van der Waals surface area contributed by atoms with Crippen molar-refractivity contribution in [3.8, 4) is 0 Å². The van der Waals surface area contributed by atoms with Gasteiger partial charge < -0.3 is 4.43 Å². The third-order valence-corrected chi connectivity index (χ3v) is 2.25. The van der Waals surface area contributed by atoms with Gasteiger partial charge in [-0.2, -0.15) is 22.0 Å². The van der Waals surface area contributed by atoms with Crippen LogP contribution in [-0.2, 0) is 4.43 Å². The Balaban J connectivity index is 5.56. The maximum atomic E-state index is 13.2. The zero-order valence-electron chi connectivity index (χ0n) is 9.02.